The average molecular weight is 267 g/mol. The summed E-state index contributed by atoms with van der Waals surface area (Å²) in [6.45, 7) is 5.68. The van der Waals surface area contributed by atoms with Crippen LogP contribution in [0.4, 0.5) is 5.69 Å². The summed E-state index contributed by atoms with van der Waals surface area (Å²) >= 11 is 0. The van der Waals surface area contributed by atoms with Crippen molar-refractivity contribution in [2.24, 2.45) is 0 Å². The van der Waals surface area contributed by atoms with Crippen LogP contribution < -0.4 is 5.32 Å². The number of amides is 1. The van der Waals surface area contributed by atoms with Crippen LogP contribution in [0.25, 0.3) is 0 Å². The Balaban J connectivity index is 1.84. The van der Waals surface area contributed by atoms with Crippen LogP contribution in [0.2, 0.25) is 0 Å². The second-order valence-corrected chi connectivity index (χ2v) is 4.67. The van der Waals surface area contributed by atoms with Crippen molar-refractivity contribution >= 4 is 11.6 Å². The fourth-order valence-corrected chi connectivity index (χ4v) is 2.09. The molecular weight excluding hydrogens is 246 g/mol. The van der Waals surface area contributed by atoms with Crippen molar-refractivity contribution < 1.29 is 14.3 Å². The number of nitrogens with zero attached hydrogens (tertiary/aromatic N) is 2. The summed E-state index contributed by atoms with van der Waals surface area (Å²) in [6.07, 6.45) is 5.44. The molecule has 1 aromatic rings. The van der Waals surface area contributed by atoms with Gasteiger partial charge in [0.15, 0.2) is 0 Å². The zero-order valence-corrected chi connectivity index (χ0v) is 11.5. The maximum Gasteiger partial charge on any atom is 0.253 e. The Morgan fingerprint density at radius 1 is 1.74 bits per heavy atom. The Bertz CT molecular complexity index is 413. The topological polar surface area (TPSA) is 65.4 Å². The van der Waals surface area contributed by atoms with Crippen LogP contribution in [0, 0.1) is 0 Å². The monoisotopic (exact) mass is 267 g/mol. The van der Waals surface area contributed by atoms with Gasteiger partial charge in [-0.2, -0.15) is 5.10 Å². The van der Waals surface area contributed by atoms with E-state index in [-0.39, 0.29) is 12.0 Å². The van der Waals surface area contributed by atoms with Crippen molar-refractivity contribution in [3.05, 3.63) is 12.4 Å². The number of carbonyl (C=O) groups excluding carboxylic acids is 1. The number of carbonyl (C=O) groups is 1. The molecular formula is C13H21N3O3. The van der Waals surface area contributed by atoms with Crippen molar-refractivity contribution in [2.75, 3.05) is 18.5 Å². The molecule has 6 heteroatoms. The largest absolute Gasteiger partial charge is 0.376 e. The zero-order chi connectivity index (χ0) is 13.7. The van der Waals surface area contributed by atoms with Gasteiger partial charge in [-0.05, 0) is 26.7 Å². The summed E-state index contributed by atoms with van der Waals surface area (Å²) in [4.78, 5) is 11.8. The number of rotatable bonds is 6. The van der Waals surface area contributed by atoms with Crippen LogP contribution in [0.3, 0.4) is 0 Å². The molecule has 2 heterocycles. The molecule has 1 aliphatic rings. The van der Waals surface area contributed by atoms with Gasteiger partial charge in [0, 0.05) is 19.4 Å². The maximum absolute atomic E-state index is 11.8. The molecule has 106 valence electrons. The lowest BCUT2D eigenvalue weighted by Gasteiger charge is -2.10. The third kappa shape index (κ3) is 4.04. The lowest BCUT2D eigenvalue weighted by molar-refractivity contribution is -0.126. The molecule has 0 saturated carbocycles. The first-order valence-electron chi connectivity index (χ1n) is 6.75. The first-order chi connectivity index (χ1) is 9.19. The van der Waals surface area contributed by atoms with Gasteiger partial charge in [0.05, 0.1) is 24.5 Å². The SMILES string of the molecule is CCO[C@H](C)C(=O)Nc1cnn(C[C@@H]2CCCO2)c1. The van der Waals surface area contributed by atoms with Crippen LogP contribution in [0.15, 0.2) is 12.4 Å². The molecule has 1 amide bonds. The smallest absolute Gasteiger partial charge is 0.253 e. The first-order valence-corrected chi connectivity index (χ1v) is 6.75. The second-order valence-electron chi connectivity index (χ2n) is 4.67. The van der Waals surface area contributed by atoms with Crippen molar-refractivity contribution in [2.45, 2.75) is 45.4 Å². The summed E-state index contributed by atoms with van der Waals surface area (Å²) in [5.41, 5.74) is 0.689. The third-order valence-electron chi connectivity index (χ3n) is 3.10. The summed E-state index contributed by atoms with van der Waals surface area (Å²) in [5.74, 6) is -0.154. The van der Waals surface area contributed by atoms with Gasteiger partial charge < -0.3 is 14.8 Å². The molecule has 1 aliphatic heterocycles. The molecule has 1 fully saturated rings. The van der Waals surface area contributed by atoms with Crippen LogP contribution in [-0.2, 0) is 20.8 Å². The molecule has 0 bridgehead atoms. The molecule has 0 unspecified atom stereocenters. The summed E-state index contributed by atoms with van der Waals surface area (Å²) in [7, 11) is 0. The van der Waals surface area contributed by atoms with Crippen LogP contribution in [0.5, 0.6) is 0 Å². The van der Waals surface area contributed by atoms with E-state index in [1.54, 1.807) is 17.8 Å². The lowest BCUT2D eigenvalue weighted by atomic mass is 10.2. The van der Waals surface area contributed by atoms with Gasteiger partial charge in [0.2, 0.25) is 0 Å². The molecule has 1 saturated heterocycles. The Labute approximate surface area is 113 Å². The second kappa shape index (κ2) is 6.68. The highest BCUT2D eigenvalue weighted by atomic mass is 16.5. The van der Waals surface area contributed by atoms with E-state index in [1.165, 1.54) is 0 Å². The van der Waals surface area contributed by atoms with Gasteiger partial charge in [0.25, 0.3) is 5.91 Å². The van der Waals surface area contributed by atoms with Crippen molar-refractivity contribution in [1.82, 2.24) is 9.78 Å². The third-order valence-corrected chi connectivity index (χ3v) is 3.10. The van der Waals surface area contributed by atoms with Crippen LogP contribution in [0.1, 0.15) is 26.7 Å². The van der Waals surface area contributed by atoms with Gasteiger partial charge in [-0.3, -0.25) is 9.48 Å². The number of nitrogens with one attached hydrogen (secondary N) is 1. The fraction of sp³-hybridized carbons (Fsp3) is 0.692. The molecule has 19 heavy (non-hydrogen) atoms. The van der Waals surface area contributed by atoms with Gasteiger partial charge >= 0.3 is 0 Å². The van der Waals surface area contributed by atoms with E-state index in [0.29, 0.717) is 12.3 Å². The summed E-state index contributed by atoms with van der Waals surface area (Å²) < 4.78 is 12.6. The summed E-state index contributed by atoms with van der Waals surface area (Å²) in [5, 5.41) is 7.00. The van der Waals surface area contributed by atoms with Crippen molar-refractivity contribution in [3.63, 3.8) is 0 Å². The zero-order valence-electron chi connectivity index (χ0n) is 11.5. The lowest BCUT2D eigenvalue weighted by Crippen LogP contribution is -2.27. The molecule has 1 N–H and O–H groups in total. The molecule has 0 aromatic carbocycles. The van der Waals surface area contributed by atoms with Crippen molar-refractivity contribution in [3.8, 4) is 0 Å². The minimum absolute atomic E-state index is 0.154. The first kappa shape index (κ1) is 14.0. The van der Waals surface area contributed by atoms with Gasteiger partial charge in [-0.25, -0.2) is 0 Å². The predicted molar refractivity (Wildman–Crippen MR) is 70.9 cm³/mol. The van der Waals surface area contributed by atoms with E-state index < -0.39 is 6.10 Å². The van der Waals surface area contributed by atoms with E-state index >= 15 is 0 Å². The molecule has 6 nitrogen and oxygen atoms in total. The normalized spacial score (nSPS) is 20.4. The van der Waals surface area contributed by atoms with Gasteiger partial charge in [0.1, 0.15) is 6.10 Å². The van der Waals surface area contributed by atoms with Crippen LogP contribution in [-0.4, -0.2) is 41.1 Å². The molecule has 2 rings (SSSR count). The number of aromatic nitrogens is 2. The van der Waals surface area contributed by atoms with E-state index in [1.807, 2.05) is 13.1 Å². The Morgan fingerprint density at radius 3 is 3.26 bits per heavy atom. The number of hydrogen-bond acceptors (Lipinski definition) is 4. The highest BCUT2D eigenvalue weighted by molar-refractivity contribution is 5.93. The van der Waals surface area contributed by atoms with E-state index in [0.717, 1.165) is 26.0 Å². The number of ether oxygens (including phenoxy) is 2. The molecule has 0 aliphatic carbocycles. The fourth-order valence-electron chi connectivity index (χ4n) is 2.09. The standard InChI is InChI=1S/C13H21N3O3/c1-3-18-10(2)13(17)15-11-7-14-16(8-11)9-12-5-4-6-19-12/h7-8,10,12H,3-6,9H2,1-2H3,(H,15,17)/t10-,12+/m1/s1. The summed E-state index contributed by atoms with van der Waals surface area (Å²) in [6, 6.07) is 0. The highest BCUT2D eigenvalue weighted by Crippen LogP contribution is 2.15. The predicted octanol–water partition coefficient (Wildman–Crippen LogP) is 1.43. The average Bonchev–Trinajstić information content (AvgIpc) is 3.02. The van der Waals surface area contributed by atoms with E-state index in [4.69, 9.17) is 9.47 Å². The number of anilines is 1. The Morgan fingerprint density at radius 2 is 2.58 bits per heavy atom. The van der Waals surface area contributed by atoms with Gasteiger partial charge in [-0.15, -0.1) is 0 Å². The minimum atomic E-state index is -0.452. The number of hydrogen-bond donors (Lipinski definition) is 1. The van der Waals surface area contributed by atoms with Crippen molar-refractivity contribution in [1.29, 1.82) is 0 Å². The Hall–Kier alpha value is -1.40. The quantitative estimate of drug-likeness (QED) is 0.846. The molecule has 0 radical (unpaired) electrons. The van der Waals surface area contributed by atoms with E-state index in [2.05, 4.69) is 10.4 Å². The highest BCUT2D eigenvalue weighted by Gasteiger charge is 2.17. The molecule has 1 aromatic heterocycles. The van der Waals surface area contributed by atoms with E-state index in [9.17, 15) is 4.79 Å². The molecule has 0 spiro atoms. The molecule has 2 atom stereocenters. The van der Waals surface area contributed by atoms with Crippen LogP contribution >= 0.6 is 0 Å². The van der Waals surface area contributed by atoms with Gasteiger partial charge in [-0.1, -0.05) is 0 Å². The minimum Gasteiger partial charge on any atom is -0.376 e. The Kier molecular flexibility index (Phi) is 4.93. The maximum atomic E-state index is 11.8.